The van der Waals surface area contributed by atoms with Gasteiger partial charge in [0, 0.05) is 30.9 Å². The molecule has 0 fully saturated rings. The number of H-pyrrole nitrogens is 1. The van der Waals surface area contributed by atoms with Crippen LogP contribution in [0.15, 0.2) is 6.07 Å². The van der Waals surface area contributed by atoms with Crippen LogP contribution in [0.2, 0.25) is 0 Å². The molecule has 0 radical (unpaired) electrons. The molecule has 2 N–H and O–H groups in total. The number of aromatic amines is 1. The minimum absolute atomic E-state index is 0.198. The second-order valence-corrected chi connectivity index (χ2v) is 5.46. The van der Waals surface area contributed by atoms with E-state index in [1.165, 1.54) is 0 Å². The molecule has 4 nitrogen and oxygen atoms in total. The van der Waals surface area contributed by atoms with E-state index in [-0.39, 0.29) is 5.54 Å². The fraction of sp³-hybridized carbons (Fsp3) is 0.750. The van der Waals surface area contributed by atoms with Crippen molar-refractivity contribution in [3.8, 4) is 0 Å². The van der Waals surface area contributed by atoms with Crippen molar-refractivity contribution >= 4 is 0 Å². The van der Waals surface area contributed by atoms with Crippen molar-refractivity contribution in [1.82, 2.24) is 20.4 Å². The number of nitrogens with zero attached hydrogens (tertiary/aromatic N) is 2. The number of hydrogen-bond acceptors (Lipinski definition) is 3. The molecule has 0 saturated carbocycles. The Morgan fingerprint density at radius 3 is 2.62 bits per heavy atom. The highest BCUT2D eigenvalue weighted by molar-refractivity contribution is 5.06. The quantitative estimate of drug-likeness (QED) is 0.797. The maximum absolute atomic E-state index is 4.23. The lowest BCUT2D eigenvalue weighted by Gasteiger charge is -2.23. The van der Waals surface area contributed by atoms with Gasteiger partial charge in [-0.3, -0.25) is 10.00 Å². The second kappa shape index (κ2) is 5.46. The van der Waals surface area contributed by atoms with Gasteiger partial charge in [-0.1, -0.05) is 0 Å². The van der Waals surface area contributed by atoms with Crippen LogP contribution < -0.4 is 5.32 Å². The van der Waals surface area contributed by atoms with Crippen LogP contribution in [0.1, 0.15) is 32.2 Å². The molecule has 1 rings (SSSR count). The highest BCUT2D eigenvalue weighted by Gasteiger charge is 2.09. The van der Waals surface area contributed by atoms with E-state index in [0.717, 1.165) is 31.0 Å². The standard InChI is InChI=1S/C12H24N4/c1-10-8-11(15-14-10)9-16(5)7-6-13-12(2,3)4/h8,13H,6-7,9H2,1-5H3,(H,14,15). The fourth-order valence-electron chi connectivity index (χ4n) is 1.53. The Hall–Kier alpha value is -0.870. The van der Waals surface area contributed by atoms with E-state index in [9.17, 15) is 0 Å². The van der Waals surface area contributed by atoms with Crippen LogP contribution in [0.5, 0.6) is 0 Å². The van der Waals surface area contributed by atoms with Crippen molar-refractivity contribution in [2.24, 2.45) is 0 Å². The van der Waals surface area contributed by atoms with E-state index in [4.69, 9.17) is 0 Å². The number of rotatable bonds is 5. The van der Waals surface area contributed by atoms with Gasteiger partial charge in [0.1, 0.15) is 0 Å². The average Bonchev–Trinajstić information content (AvgIpc) is 2.48. The van der Waals surface area contributed by atoms with Crippen LogP contribution >= 0.6 is 0 Å². The van der Waals surface area contributed by atoms with Crippen LogP contribution in [0.4, 0.5) is 0 Å². The smallest absolute Gasteiger partial charge is 0.0764 e. The first-order valence-electron chi connectivity index (χ1n) is 5.81. The third-order valence-electron chi connectivity index (χ3n) is 2.34. The fourth-order valence-corrected chi connectivity index (χ4v) is 1.53. The lowest BCUT2D eigenvalue weighted by atomic mass is 10.1. The van der Waals surface area contributed by atoms with Gasteiger partial charge >= 0.3 is 0 Å². The largest absolute Gasteiger partial charge is 0.311 e. The SMILES string of the molecule is Cc1cc(CN(C)CCNC(C)(C)C)n[nH]1. The second-order valence-electron chi connectivity index (χ2n) is 5.46. The zero-order valence-corrected chi connectivity index (χ0v) is 11.1. The molecule has 0 unspecified atom stereocenters. The first-order chi connectivity index (χ1) is 7.37. The molecule has 1 aromatic rings. The number of aryl methyl sites for hydroxylation is 1. The van der Waals surface area contributed by atoms with Crippen LogP contribution in [0.3, 0.4) is 0 Å². The number of aromatic nitrogens is 2. The topological polar surface area (TPSA) is 44.0 Å². The molecular formula is C12H24N4. The highest BCUT2D eigenvalue weighted by Crippen LogP contribution is 2.02. The summed E-state index contributed by atoms with van der Waals surface area (Å²) in [7, 11) is 2.12. The normalized spacial score (nSPS) is 12.4. The molecular weight excluding hydrogens is 200 g/mol. The van der Waals surface area contributed by atoms with E-state index in [1.54, 1.807) is 0 Å². The van der Waals surface area contributed by atoms with E-state index >= 15 is 0 Å². The Labute approximate surface area is 98.4 Å². The Morgan fingerprint density at radius 2 is 2.12 bits per heavy atom. The Balaban J connectivity index is 2.23. The first kappa shape index (κ1) is 13.2. The lowest BCUT2D eigenvalue weighted by molar-refractivity contribution is 0.300. The molecule has 0 aromatic carbocycles. The average molecular weight is 224 g/mol. The molecule has 0 amide bonds. The van der Waals surface area contributed by atoms with Crippen molar-refractivity contribution in [2.75, 3.05) is 20.1 Å². The Bertz CT molecular complexity index is 311. The molecule has 1 aromatic heterocycles. The van der Waals surface area contributed by atoms with Crippen LogP contribution in [0, 0.1) is 6.92 Å². The summed E-state index contributed by atoms with van der Waals surface area (Å²) < 4.78 is 0. The summed E-state index contributed by atoms with van der Waals surface area (Å²) in [6.45, 7) is 11.5. The van der Waals surface area contributed by atoms with Gasteiger partial charge in [0.05, 0.1) is 5.69 Å². The van der Waals surface area contributed by atoms with Gasteiger partial charge < -0.3 is 5.32 Å². The minimum Gasteiger partial charge on any atom is -0.311 e. The molecule has 16 heavy (non-hydrogen) atoms. The lowest BCUT2D eigenvalue weighted by Crippen LogP contribution is -2.40. The van der Waals surface area contributed by atoms with Crippen LogP contribution in [0.25, 0.3) is 0 Å². The molecule has 0 aliphatic carbocycles. The summed E-state index contributed by atoms with van der Waals surface area (Å²) in [5.41, 5.74) is 2.43. The van der Waals surface area contributed by atoms with E-state index in [2.05, 4.69) is 54.3 Å². The number of nitrogens with one attached hydrogen (secondary N) is 2. The van der Waals surface area contributed by atoms with Gasteiger partial charge in [-0.25, -0.2) is 0 Å². The van der Waals surface area contributed by atoms with Crippen molar-refractivity contribution < 1.29 is 0 Å². The van der Waals surface area contributed by atoms with E-state index in [1.807, 2.05) is 6.92 Å². The van der Waals surface area contributed by atoms with E-state index < -0.39 is 0 Å². The highest BCUT2D eigenvalue weighted by atomic mass is 15.2. The maximum Gasteiger partial charge on any atom is 0.0764 e. The monoisotopic (exact) mass is 224 g/mol. The zero-order valence-electron chi connectivity index (χ0n) is 11.1. The van der Waals surface area contributed by atoms with Gasteiger partial charge in [-0.05, 0) is 40.8 Å². The Morgan fingerprint density at radius 1 is 1.44 bits per heavy atom. The molecule has 0 atom stereocenters. The van der Waals surface area contributed by atoms with Crippen molar-refractivity contribution in [2.45, 2.75) is 39.8 Å². The Kier molecular flexibility index (Phi) is 4.50. The van der Waals surface area contributed by atoms with Crippen molar-refractivity contribution in [1.29, 1.82) is 0 Å². The molecule has 0 spiro atoms. The van der Waals surface area contributed by atoms with Crippen LogP contribution in [-0.4, -0.2) is 40.8 Å². The summed E-state index contributed by atoms with van der Waals surface area (Å²) in [6, 6.07) is 2.09. The summed E-state index contributed by atoms with van der Waals surface area (Å²) in [4.78, 5) is 2.27. The van der Waals surface area contributed by atoms with Crippen LogP contribution in [-0.2, 0) is 6.54 Å². The van der Waals surface area contributed by atoms with Crippen molar-refractivity contribution in [3.63, 3.8) is 0 Å². The number of hydrogen-bond donors (Lipinski definition) is 2. The van der Waals surface area contributed by atoms with E-state index in [0.29, 0.717) is 0 Å². The predicted octanol–water partition coefficient (Wildman–Crippen LogP) is 1.54. The molecule has 1 heterocycles. The molecule has 0 aliphatic rings. The summed E-state index contributed by atoms with van der Waals surface area (Å²) >= 11 is 0. The zero-order chi connectivity index (χ0) is 12.2. The summed E-state index contributed by atoms with van der Waals surface area (Å²) in [5, 5.41) is 10.7. The van der Waals surface area contributed by atoms with Gasteiger partial charge in [0.25, 0.3) is 0 Å². The molecule has 0 saturated heterocycles. The predicted molar refractivity (Wildman–Crippen MR) is 67.4 cm³/mol. The van der Waals surface area contributed by atoms with Crippen molar-refractivity contribution in [3.05, 3.63) is 17.5 Å². The molecule has 0 aliphatic heterocycles. The number of likely N-dealkylation sites (N-methyl/N-ethyl adjacent to an activating group) is 1. The van der Waals surface area contributed by atoms with Gasteiger partial charge in [0.15, 0.2) is 0 Å². The van der Waals surface area contributed by atoms with Gasteiger partial charge in [-0.2, -0.15) is 5.10 Å². The molecule has 0 bridgehead atoms. The first-order valence-corrected chi connectivity index (χ1v) is 5.81. The van der Waals surface area contributed by atoms with Gasteiger partial charge in [-0.15, -0.1) is 0 Å². The molecule has 92 valence electrons. The maximum atomic E-state index is 4.23. The summed E-state index contributed by atoms with van der Waals surface area (Å²) in [6.07, 6.45) is 0. The third-order valence-corrected chi connectivity index (χ3v) is 2.34. The summed E-state index contributed by atoms with van der Waals surface area (Å²) in [5.74, 6) is 0. The van der Waals surface area contributed by atoms with Gasteiger partial charge in [0.2, 0.25) is 0 Å². The third kappa shape index (κ3) is 5.28. The molecule has 4 heteroatoms. The minimum atomic E-state index is 0.198.